The number of hydrogen-bond acceptors (Lipinski definition) is 2. The summed E-state index contributed by atoms with van der Waals surface area (Å²) in [7, 11) is 0. The largest absolute Gasteiger partial charge is 0.492 e. The van der Waals surface area contributed by atoms with E-state index in [1.807, 2.05) is 13.0 Å². The number of allylic oxidation sites excluding steroid dienone is 1. The monoisotopic (exact) mass is 387 g/mol. The fourth-order valence-corrected chi connectivity index (χ4v) is 3.71. The van der Waals surface area contributed by atoms with Crippen molar-refractivity contribution < 1.29 is 4.74 Å². The van der Waals surface area contributed by atoms with Crippen molar-refractivity contribution in [3.8, 4) is 5.75 Å². The number of ether oxygens (including phenoxy) is 1. The van der Waals surface area contributed by atoms with Crippen LogP contribution in [0.1, 0.15) is 31.7 Å². The lowest BCUT2D eigenvalue weighted by Crippen LogP contribution is -2.29. The Bertz CT molecular complexity index is 460. The van der Waals surface area contributed by atoms with Crippen LogP contribution in [0.4, 0.5) is 0 Å². The van der Waals surface area contributed by atoms with Crippen molar-refractivity contribution >= 4 is 31.9 Å². The molecule has 1 aliphatic carbocycles. The van der Waals surface area contributed by atoms with Gasteiger partial charge in [-0.15, -0.1) is 0 Å². The van der Waals surface area contributed by atoms with Crippen molar-refractivity contribution in [1.29, 1.82) is 0 Å². The van der Waals surface area contributed by atoms with E-state index in [2.05, 4.69) is 55.4 Å². The topological polar surface area (TPSA) is 21.3 Å². The third-order valence-electron chi connectivity index (χ3n) is 3.22. The van der Waals surface area contributed by atoms with Gasteiger partial charge in [0.05, 0.1) is 11.1 Å². The molecule has 1 aromatic carbocycles. The molecule has 2 nitrogen and oxygen atoms in total. The first-order chi connectivity index (χ1) is 9.20. The standard InChI is InChI=1S/C15H19Br2NO/c1-2-19-15-11(8-12(16)9-14(15)17)10-18-13-6-4-3-5-7-13/h3-4,8-9,13,18H,2,5-7,10H2,1H3. The van der Waals surface area contributed by atoms with E-state index in [1.165, 1.54) is 18.4 Å². The van der Waals surface area contributed by atoms with Gasteiger partial charge in [-0.1, -0.05) is 28.1 Å². The molecule has 1 aromatic rings. The minimum atomic E-state index is 0.581. The van der Waals surface area contributed by atoms with Gasteiger partial charge in [-0.05, 0) is 54.2 Å². The molecule has 0 amide bonds. The maximum absolute atomic E-state index is 5.74. The average molecular weight is 389 g/mol. The number of nitrogens with one attached hydrogen (secondary N) is 1. The van der Waals surface area contributed by atoms with Gasteiger partial charge in [0.1, 0.15) is 5.75 Å². The molecular formula is C15H19Br2NO. The number of benzene rings is 1. The van der Waals surface area contributed by atoms with Crippen molar-refractivity contribution in [3.63, 3.8) is 0 Å². The molecule has 0 saturated heterocycles. The first-order valence-corrected chi connectivity index (χ1v) is 8.28. The van der Waals surface area contributed by atoms with Gasteiger partial charge in [0, 0.05) is 22.6 Å². The highest BCUT2D eigenvalue weighted by atomic mass is 79.9. The zero-order valence-electron chi connectivity index (χ0n) is 11.1. The molecule has 0 aromatic heterocycles. The van der Waals surface area contributed by atoms with Crippen molar-refractivity contribution in [3.05, 3.63) is 38.8 Å². The summed E-state index contributed by atoms with van der Waals surface area (Å²) in [5.41, 5.74) is 1.19. The van der Waals surface area contributed by atoms with Crippen molar-refractivity contribution in [2.45, 2.75) is 38.8 Å². The molecule has 0 aliphatic heterocycles. The summed E-state index contributed by atoms with van der Waals surface area (Å²) in [6, 6.07) is 4.73. The Morgan fingerprint density at radius 1 is 1.32 bits per heavy atom. The minimum absolute atomic E-state index is 0.581. The Labute approximate surface area is 131 Å². The van der Waals surface area contributed by atoms with Crippen LogP contribution in [0.2, 0.25) is 0 Å². The van der Waals surface area contributed by atoms with Crippen molar-refractivity contribution in [2.24, 2.45) is 0 Å². The predicted octanol–water partition coefficient (Wildman–Crippen LogP) is 4.81. The Hall–Kier alpha value is -0.320. The summed E-state index contributed by atoms with van der Waals surface area (Å²) in [6.07, 6.45) is 8.05. The smallest absolute Gasteiger partial charge is 0.138 e. The fraction of sp³-hybridized carbons (Fsp3) is 0.467. The molecule has 1 N–H and O–H groups in total. The summed E-state index contributed by atoms with van der Waals surface area (Å²) < 4.78 is 7.82. The van der Waals surface area contributed by atoms with Gasteiger partial charge < -0.3 is 10.1 Å². The molecule has 0 saturated carbocycles. The van der Waals surface area contributed by atoms with Crippen molar-refractivity contribution in [1.82, 2.24) is 5.32 Å². The molecule has 0 spiro atoms. The second kappa shape index (κ2) is 7.46. The van der Waals surface area contributed by atoms with Gasteiger partial charge >= 0.3 is 0 Å². The molecule has 1 aliphatic rings. The molecule has 0 fully saturated rings. The Balaban J connectivity index is 2.07. The van der Waals surface area contributed by atoms with E-state index in [0.717, 1.165) is 27.7 Å². The summed E-state index contributed by atoms with van der Waals surface area (Å²) in [6.45, 7) is 3.53. The molecule has 0 radical (unpaired) electrons. The lowest BCUT2D eigenvalue weighted by molar-refractivity contribution is 0.332. The maximum atomic E-state index is 5.74. The number of hydrogen-bond donors (Lipinski definition) is 1. The van der Waals surface area contributed by atoms with Gasteiger partial charge in [-0.25, -0.2) is 0 Å². The highest BCUT2D eigenvalue weighted by Gasteiger charge is 2.13. The summed E-state index contributed by atoms with van der Waals surface area (Å²) >= 11 is 7.11. The lowest BCUT2D eigenvalue weighted by Gasteiger charge is -2.21. The first kappa shape index (κ1) is 15.1. The minimum Gasteiger partial charge on any atom is -0.492 e. The van der Waals surface area contributed by atoms with Gasteiger partial charge in [-0.2, -0.15) is 0 Å². The summed E-state index contributed by atoms with van der Waals surface area (Å²) in [4.78, 5) is 0. The van der Waals surface area contributed by atoms with Crippen LogP contribution < -0.4 is 10.1 Å². The summed E-state index contributed by atoms with van der Waals surface area (Å²) in [5, 5.41) is 3.62. The second-order valence-electron chi connectivity index (χ2n) is 4.67. The van der Waals surface area contributed by atoms with Crippen LogP contribution in [-0.2, 0) is 6.54 Å². The zero-order chi connectivity index (χ0) is 13.7. The van der Waals surface area contributed by atoms with E-state index in [-0.39, 0.29) is 0 Å². The SMILES string of the molecule is CCOc1c(Br)cc(Br)cc1CNC1CC=CCC1. The first-order valence-electron chi connectivity index (χ1n) is 6.69. The average Bonchev–Trinajstić information content (AvgIpc) is 2.41. The molecule has 1 atom stereocenters. The second-order valence-corrected chi connectivity index (χ2v) is 6.44. The van der Waals surface area contributed by atoms with E-state index in [9.17, 15) is 0 Å². The van der Waals surface area contributed by atoms with Crippen LogP contribution in [0.15, 0.2) is 33.2 Å². The Morgan fingerprint density at radius 2 is 2.16 bits per heavy atom. The van der Waals surface area contributed by atoms with Crippen LogP contribution in [0.3, 0.4) is 0 Å². The van der Waals surface area contributed by atoms with Gasteiger partial charge in [0.2, 0.25) is 0 Å². The molecule has 0 bridgehead atoms. The van der Waals surface area contributed by atoms with E-state index in [1.54, 1.807) is 0 Å². The molecule has 0 heterocycles. The van der Waals surface area contributed by atoms with Crippen LogP contribution in [0, 0.1) is 0 Å². The third-order valence-corrected chi connectivity index (χ3v) is 4.27. The normalized spacial score (nSPS) is 18.6. The Morgan fingerprint density at radius 3 is 2.84 bits per heavy atom. The van der Waals surface area contributed by atoms with Crippen LogP contribution in [0.25, 0.3) is 0 Å². The van der Waals surface area contributed by atoms with Crippen LogP contribution >= 0.6 is 31.9 Å². The van der Waals surface area contributed by atoms with E-state index in [4.69, 9.17) is 4.74 Å². The zero-order valence-corrected chi connectivity index (χ0v) is 14.3. The van der Waals surface area contributed by atoms with E-state index >= 15 is 0 Å². The van der Waals surface area contributed by atoms with E-state index < -0.39 is 0 Å². The fourth-order valence-electron chi connectivity index (χ4n) is 2.28. The highest BCUT2D eigenvalue weighted by molar-refractivity contribution is 9.11. The van der Waals surface area contributed by atoms with Gasteiger partial charge in [0.15, 0.2) is 0 Å². The molecule has 1 unspecified atom stereocenters. The van der Waals surface area contributed by atoms with Crippen molar-refractivity contribution in [2.75, 3.05) is 6.61 Å². The summed E-state index contributed by atoms with van der Waals surface area (Å²) in [5.74, 6) is 0.949. The number of rotatable bonds is 5. The number of halogens is 2. The molecule has 19 heavy (non-hydrogen) atoms. The Kier molecular flexibility index (Phi) is 5.92. The lowest BCUT2D eigenvalue weighted by atomic mass is 10.0. The molecular weight excluding hydrogens is 370 g/mol. The maximum Gasteiger partial charge on any atom is 0.138 e. The molecule has 4 heteroatoms. The van der Waals surface area contributed by atoms with Crippen LogP contribution in [-0.4, -0.2) is 12.6 Å². The van der Waals surface area contributed by atoms with Gasteiger partial charge in [-0.3, -0.25) is 0 Å². The molecule has 2 rings (SSSR count). The molecule has 104 valence electrons. The van der Waals surface area contributed by atoms with E-state index in [0.29, 0.717) is 12.6 Å². The predicted molar refractivity (Wildman–Crippen MR) is 86.6 cm³/mol. The van der Waals surface area contributed by atoms with Crippen LogP contribution in [0.5, 0.6) is 5.75 Å². The highest BCUT2D eigenvalue weighted by Crippen LogP contribution is 2.33. The van der Waals surface area contributed by atoms with Gasteiger partial charge in [0.25, 0.3) is 0 Å². The third kappa shape index (κ3) is 4.33. The quantitative estimate of drug-likeness (QED) is 0.731.